The summed E-state index contributed by atoms with van der Waals surface area (Å²) in [6.45, 7) is 1.57. The predicted octanol–water partition coefficient (Wildman–Crippen LogP) is 3.18. The number of carboxylic acids is 1. The van der Waals surface area contributed by atoms with Gasteiger partial charge in [0.2, 0.25) is 0 Å². The van der Waals surface area contributed by atoms with Crippen molar-refractivity contribution in [3.05, 3.63) is 70.5 Å². The lowest BCUT2D eigenvalue weighted by Crippen LogP contribution is -2.16. The number of anilines is 1. The summed E-state index contributed by atoms with van der Waals surface area (Å²) in [6.07, 6.45) is 1.55. The molecule has 25 heavy (non-hydrogen) atoms. The number of rotatable bonds is 4. The van der Waals surface area contributed by atoms with Crippen LogP contribution in [0.2, 0.25) is 5.02 Å². The standard InChI is InChI=1S/C17H13ClN4O3/c1-10-14(17(24)25)21-22(13-8-4-5-9-19-13)15(10)20-16(23)11-6-2-3-7-12(11)18/h2-9H,1H3,(H,20,23)(H,24,25). The number of hydrogen-bond acceptors (Lipinski definition) is 4. The highest BCUT2D eigenvalue weighted by Crippen LogP contribution is 2.24. The summed E-state index contributed by atoms with van der Waals surface area (Å²) in [6, 6.07) is 11.7. The van der Waals surface area contributed by atoms with Gasteiger partial charge in [0.25, 0.3) is 5.91 Å². The first-order valence-electron chi connectivity index (χ1n) is 7.29. The molecule has 0 aliphatic carbocycles. The SMILES string of the molecule is Cc1c(C(=O)O)nn(-c2ccccn2)c1NC(=O)c1ccccc1Cl. The van der Waals surface area contributed by atoms with Crippen molar-refractivity contribution in [2.24, 2.45) is 0 Å². The minimum absolute atomic E-state index is 0.167. The van der Waals surface area contributed by atoms with E-state index in [1.54, 1.807) is 55.6 Å². The number of amides is 1. The fourth-order valence-electron chi connectivity index (χ4n) is 2.31. The first-order valence-corrected chi connectivity index (χ1v) is 7.67. The van der Waals surface area contributed by atoms with E-state index in [1.165, 1.54) is 4.68 Å². The maximum Gasteiger partial charge on any atom is 0.356 e. The predicted molar refractivity (Wildman–Crippen MR) is 92.5 cm³/mol. The van der Waals surface area contributed by atoms with E-state index in [1.807, 2.05) is 0 Å². The van der Waals surface area contributed by atoms with Crippen LogP contribution in [0.4, 0.5) is 5.82 Å². The van der Waals surface area contributed by atoms with Crippen molar-refractivity contribution in [1.29, 1.82) is 0 Å². The second-order valence-electron chi connectivity index (χ2n) is 5.16. The summed E-state index contributed by atoms with van der Waals surface area (Å²) in [4.78, 5) is 28.1. The summed E-state index contributed by atoms with van der Waals surface area (Å²) in [5.41, 5.74) is 0.424. The first kappa shape index (κ1) is 16.7. The Kier molecular flexibility index (Phi) is 4.49. The Morgan fingerprint density at radius 3 is 2.52 bits per heavy atom. The van der Waals surface area contributed by atoms with Crippen LogP contribution in [0.3, 0.4) is 0 Å². The van der Waals surface area contributed by atoms with E-state index < -0.39 is 11.9 Å². The Morgan fingerprint density at radius 2 is 1.88 bits per heavy atom. The zero-order valence-electron chi connectivity index (χ0n) is 13.1. The van der Waals surface area contributed by atoms with Gasteiger partial charge in [0, 0.05) is 11.8 Å². The van der Waals surface area contributed by atoms with Crippen molar-refractivity contribution in [2.75, 3.05) is 5.32 Å². The first-order chi connectivity index (χ1) is 12.0. The smallest absolute Gasteiger partial charge is 0.356 e. The molecule has 0 saturated heterocycles. The number of carboxylic acid groups (broad SMARTS) is 1. The van der Waals surface area contributed by atoms with Crippen LogP contribution in [0.15, 0.2) is 48.7 Å². The van der Waals surface area contributed by atoms with Crippen LogP contribution in [0, 0.1) is 6.92 Å². The van der Waals surface area contributed by atoms with Gasteiger partial charge < -0.3 is 10.4 Å². The van der Waals surface area contributed by atoms with Gasteiger partial charge in [-0.1, -0.05) is 29.8 Å². The summed E-state index contributed by atoms with van der Waals surface area (Å²) < 4.78 is 1.29. The minimum atomic E-state index is -1.19. The molecule has 0 aliphatic rings. The molecule has 7 nitrogen and oxygen atoms in total. The van der Waals surface area contributed by atoms with Crippen LogP contribution in [0.25, 0.3) is 5.82 Å². The molecule has 3 rings (SSSR count). The molecule has 0 aliphatic heterocycles. The fraction of sp³-hybridized carbons (Fsp3) is 0.0588. The largest absolute Gasteiger partial charge is 0.476 e. The number of nitrogens with zero attached hydrogens (tertiary/aromatic N) is 3. The molecular formula is C17H13ClN4O3. The van der Waals surface area contributed by atoms with Gasteiger partial charge in [-0.3, -0.25) is 4.79 Å². The van der Waals surface area contributed by atoms with Crippen molar-refractivity contribution >= 4 is 29.3 Å². The Bertz CT molecular complexity index is 954. The second-order valence-corrected chi connectivity index (χ2v) is 5.57. The second kappa shape index (κ2) is 6.74. The van der Waals surface area contributed by atoms with E-state index in [-0.39, 0.29) is 17.1 Å². The number of carbonyl (C=O) groups excluding carboxylic acids is 1. The third-order valence-corrected chi connectivity index (χ3v) is 3.87. The third kappa shape index (κ3) is 3.22. The number of aromatic nitrogens is 3. The monoisotopic (exact) mass is 356 g/mol. The number of pyridine rings is 1. The Morgan fingerprint density at radius 1 is 1.16 bits per heavy atom. The summed E-state index contributed by atoms with van der Waals surface area (Å²) in [5.74, 6) is -1.06. The topological polar surface area (TPSA) is 97.1 Å². The van der Waals surface area contributed by atoms with Crippen LogP contribution in [0.1, 0.15) is 26.4 Å². The maximum atomic E-state index is 12.5. The molecule has 0 bridgehead atoms. The summed E-state index contributed by atoms with van der Waals surface area (Å²) in [5, 5.41) is 16.3. The third-order valence-electron chi connectivity index (χ3n) is 3.54. The molecule has 8 heteroatoms. The van der Waals surface area contributed by atoms with E-state index in [0.29, 0.717) is 16.4 Å². The quantitative estimate of drug-likeness (QED) is 0.748. The van der Waals surface area contributed by atoms with E-state index >= 15 is 0 Å². The van der Waals surface area contributed by atoms with Crippen molar-refractivity contribution in [3.8, 4) is 5.82 Å². The number of halogens is 1. The molecule has 3 aromatic rings. The normalized spacial score (nSPS) is 10.5. The van der Waals surface area contributed by atoms with Gasteiger partial charge in [-0.15, -0.1) is 0 Å². The van der Waals surface area contributed by atoms with Crippen molar-refractivity contribution in [2.45, 2.75) is 6.92 Å². The van der Waals surface area contributed by atoms with Crippen LogP contribution >= 0.6 is 11.6 Å². The van der Waals surface area contributed by atoms with E-state index in [0.717, 1.165) is 0 Å². The molecule has 2 heterocycles. The van der Waals surface area contributed by atoms with Gasteiger partial charge in [0.05, 0.1) is 10.6 Å². The molecule has 0 spiro atoms. The Labute approximate surface area is 147 Å². The molecule has 0 unspecified atom stereocenters. The number of carbonyl (C=O) groups is 2. The fourth-order valence-corrected chi connectivity index (χ4v) is 2.53. The highest BCUT2D eigenvalue weighted by Gasteiger charge is 2.23. The molecule has 0 radical (unpaired) electrons. The molecule has 0 saturated carbocycles. The van der Waals surface area contributed by atoms with Gasteiger partial charge in [0.1, 0.15) is 5.82 Å². The van der Waals surface area contributed by atoms with Gasteiger partial charge in [-0.05, 0) is 31.2 Å². The lowest BCUT2D eigenvalue weighted by Gasteiger charge is -2.10. The Balaban J connectivity index is 2.07. The highest BCUT2D eigenvalue weighted by atomic mass is 35.5. The van der Waals surface area contributed by atoms with Gasteiger partial charge in [0.15, 0.2) is 11.5 Å². The lowest BCUT2D eigenvalue weighted by molar-refractivity contribution is 0.0689. The van der Waals surface area contributed by atoms with Crippen LogP contribution in [-0.4, -0.2) is 31.7 Å². The van der Waals surface area contributed by atoms with E-state index in [9.17, 15) is 14.7 Å². The minimum Gasteiger partial charge on any atom is -0.476 e. The average Bonchev–Trinajstić information content (AvgIpc) is 2.93. The zero-order chi connectivity index (χ0) is 18.0. The molecule has 2 aromatic heterocycles. The molecule has 0 fully saturated rings. The summed E-state index contributed by atoms with van der Waals surface area (Å²) >= 11 is 6.05. The van der Waals surface area contributed by atoms with Gasteiger partial charge in [-0.2, -0.15) is 9.78 Å². The van der Waals surface area contributed by atoms with Crippen LogP contribution in [0.5, 0.6) is 0 Å². The van der Waals surface area contributed by atoms with E-state index in [2.05, 4.69) is 15.4 Å². The molecular weight excluding hydrogens is 344 g/mol. The van der Waals surface area contributed by atoms with Crippen LogP contribution < -0.4 is 5.32 Å². The molecule has 1 aromatic carbocycles. The number of hydrogen-bond donors (Lipinski definition) is 2. The zero-order valence-corrected chi connectivity index (χ0v) is 13.9. The maximum absolute atomic E-state index is 12.5. The molecule has 0 atom stereocenters. The van der Waals surface area contributed by atoms with Crippen molar-refractivity contribution in [1.82, 2.24) is 14.8 Å². The van der Waals surface area contributed by atoms with Crippen molar-refractivity contribution < 1.29 is 14.7 Å². The number of nitrogens with one attached hydrogen (secondary N) is 1. The highest BCUT2D eigenvalue weighted by molar-refractivity contribution is 6.34. The number of benzene rings is 1. The van der Waals surface area contributed by atoms with Crippen molar-refractivity contribution in [3.63, 3.8) is 0 Å². The van der Waals surface area contributed by atoms with E-state index in [4.69, 9.17) is 11.6 Å². The lowest BCUT2D eigenvalue weighted by atomic mass is 10.2. The number of aromatic carboxylic acids is 1. The van der Waals surface area contributed by atoms with Gasteiger partial charge in [-0.25, -0.2) is 9.78 Å². The summed E-state index contributed by atoms with van der Waals surface area (Å²) in [7, 11) is 0. The molecule has 2 N–H and O–H groups in total. The average molecular weight is 357 g/mol. The van der Waals surface area contributed by atoms with Crippen LogP contribution in [-0.2, 0) is 0 Å². The van der Waals surface area contributed by atoms with Gasteiger partial charge >= 0.3 is 5.97 Å². The molecule has 126 valence electrons. The Hall–Kier alpha value is -3.19. The molecule has 1 amide bonds.